The molecule has 0 aliphatic heterocycles. The first-order valence-electron chi connectivity index (χ1n) is 34.6. The van der Waals surface area contributed by atoms with Gasteiger partial charge in [-0.25, -0.2) is 24.3 Å². The third-order valence-electron chi connectivity index (χ3n) is 17.1. The Morgan fingerprint density at radius 1 is 0.261 bits per heavy atom. The van der Waals surface area contributed by atoms with Crippen LogP contribution in [0.4, 0.5) is 57.1 Å². The molecule has 8 heterocycles. The smallest absolute Gasteiger partial charge is 0.453 e. The van der Waals surface area contributed by atoms with Crippen LogP contribution in [0.15, 0.2) is 242 Å². The number of H-pyrrole nitrogens is 4. The van der Waals surface area contributed by atoms with Gasteiger partial charge >= 0.3 is 25.4 Å². The highest BCUT2D eigenvalue weighted by Crippen LogP contribution is 2.42. The highest BCUT2D eigenvalue weighted by Gasteiger charge is 2.35. The molecule has 16 rings (SSSR count). The number of benzene rings is 8. The maximum atomic E-state index is 13.2. The van der Waals surface area contributed by atoms with Crippen LogP contribution < -0.4 is 18.9 Å². The van der Waals surface area contributed by atoms with Gasteiger partial charge < -0.3 is 56.6 Å². The molecule has 119 heavy (non-hydrogen) atoms. The number of hydrogen-bond donors (Lipinski definition) is 4. The molecule has 0 amide bonds. The predicted molar refractivity (Wildman–Crippen MR) is 424 cm³/mol. The van der Waals surface area contributed by atoms with E-state index >= 15 is 0 Å². The fourth-order valence-corrected chi connectivity index (χ4v) is 12.7. The molecule has 16 aromatic rings. The zero-order valence-electron chi connectivity index (χ0n) is 61.1. The van der Waals surface area contributed by atoms with E-state index in [9.17, 15) is 57.1 Å². The molecule has 0 fully saturated rings. The van der Waals surface area contributed by atoms with Crippen LogP contribution in [0.3, 0.4) is 0 Å². The van der Waals surface area contributed by atoms with Gasteiger partial charge in [-0.2, -0.15) is 0 Å². The number of halogens is 19. The molecule has 0 bridgehead atoms. The number of hydrogen-bond acceptors (Lipinski definition) is 12. The largest absolute Gasteiger partial charge is 0.573 e. The van der Waals surface area contributed by atoms with Gasteiger partial charge in [-0.1, -0.05) is 106 Å². The fourth-order valence-electron chi connectivity index (χ4n) is 11.7. The van der Waals surface area contributed by atoms with E-state index < -0.39 is 42.7 Å². The van der Waals surface area contributed by atoms with E-state index in [1.807, 2.05) is 64.1 Å². The molecule has 8 aromatic carbocycles. The first kappa shape index (κ1) is 84.7. The average Bonchev–Trinajstić information content (AvgIpc) is 1.67. The van der Waals surface area contributed by atoms with Gasteiger partial charge in [-0.3, -0.25) is 0 Å². The number of furan rings is 4. The van der Waals surface area contributed by atoms with Gasteiger partial charge in [-0.05, 0) is 216 Å². The minimum atomic E-state index is -4.86. The molecule has 4 N–H and O–H groups in total. The SMILES string of the molecule is Cc1[nH]c(-c2ccc(-c3ccc(Cl)c(OC(F)(F)F)c3)o2)nc1-c1ccc(Cl)cc1.Cc1[nH]c(-c2ccc(-c3ccc(Cl)c(OC(F)(F)F)c3)o2)nc1-c1ccc(F)cc1.Cc1[nH]c(-c2ccc(-c3ccc(OC(F)(F)F)c(Cl)c3)o2)nc1-c1ccc(Cl)cc1.Cc1[nH]c(-c2ccc(-c3ccc(OC(F)(F)F)cc3)o2)nc1-c1ccc(Cl)cc1. The molecular weight excluding hydrogens is 1710 g/mol. The van der Waals surface area contributed by atoms with Crippen LogP contribution in [0.25, 0.3) is 137 Å². The van der Waals surface area contributed by atoms with E-state index in [1.165, 1.54) is 72.8 Å². The minimum absolute atomic E-state index is 0.155. The molecule has 610 valence electrons. The minimum Gasteiger partial charge on any atom is -0.453 e. The second kappa shape index (κ2) is 35.1. The zero-order valence-corrected chi connectivity index (χ0v) is 65.6. The lowest BCUT2D eigenvalue weighted by Gasteiger charge is -2.11. The van der Waals surface area contributed by atoms with Crippen molar-refractivity contribution in [3.63, 3.8) is 0 Å². The molecule has 0 saturated heterocycles. The van der Waals surface area contributed by atoms with Crippen LogP contribution in [-0.2, 0) is 0 Å². The van der Waals surface area contributed by atoms with Crippen LogP contribution in [0.2, 0.25) is 30.1 Å². The van der Waals surface area contributed by atoms with E-state index in [-0.39, 0.29) is 26.6 Å². The van der Waals surface area contributed by atoms with Crippen molar-refractivity contribution in [3.05, 3.63) is 283 Å². The molecule has 16 nitrogen and oxygen atoms in total. The number of ether oxygens (including phenoxy) is 4. The Morgan fingerprint density at radius 3 is 0.815 bits per heavy atom. The second-order valence-corrected chi connectivity index (χ2v) is 28.1. The molecule has 0 radical (unpaired) electrons. The van der Waals surface area contributed by atoms with Crippen molar-refractivity contribution < 1.29 is 93.7 Å². The lowest BCUT2D eigenvalue weighted by molar-refractivity contribution is -0.275. The van der Waals surface area contributed by atoms with E-state index in [0.29, 0.717) is 112 Å². The Labute approximate surface area is 695 Å². The van der Waals surface area contributed by atoms with Crippen molar-refractivity contribution in [3.8, 4) is 160 Å². The number of imidazole rings is 4. The highest BCUT2D eigenvalue weighted by atomic mass is 35.5. The highest BCUT2D eigenvalue weighted by molar-refractivity contribution is 6.33. The zero-order chi connectivity index (χ0) is 85.0. The van der Waals surface area contributed by atoms with Gasteiger partial charge in [-0.15, -0.1) is 52.7 Å². The normalized spacial score (nSPS) is 11.7. The van der Waals surface area contributed by atoms with Crippen LogP contribution >= 0.6 is 69.6 Å². The van der Waals surface area contributed by atoms with Gasteiger partial charge in [0.1, 0.15) is 51.9 Å². The summed E-state index contributed by atoms with van der Waals surface area (Å²) in [7, 11) is 0. The van der Waals surface area contributed by atoms with Gasteiger partial charge in [0.2, 0.25) is 0 Å². The van der Waals surface area contributed by atoms with Crippen LogP contribution in [-0.4, -0.2) is 65.3 Å². The van der Waals surface area contributed by atoms with Crippen molar-refractivity contribution in [1.29, 1.82) is 0 Å². The molecule has 8 aromatic heterocycles. The van der Waals surface area contributed by atoms with E-state index in [0.717, 1.165) is 74.2 Å². The predicted octanol–water partition coefficient (Wildman–Crippen LogP) is 28.9. The molecule has 0 saturated carbocycles. The Bertz CT molecular complexity index is 6040. The number of aromatic amines is 4. The summed E-state index contributed by atoms with van der Waals surface area (Å²) in [5, 5.41) is 1.39. The summed E-state index contributed by atoms with van der Waals surface area (Å²) in [5.41, 5.74) is 11.5. The number of nitrogens with zero attached hydrogens (tertiary/aromatic N) is 4. The number of alkyl halides is 12. The quantitative estimate of drug-likeness (QED) is 0.0667. The number of aromatic nitrogens is 8. The molecule has 0 aliphatic rings. The summed E-state index contributed by atoms with van der Waals surface area (Å²) < 4.78 is 201. The molecule has 0 spiro atoms. The van der Waals surface area contributed by atoms with Crippen molar-refractivity contribution in [1.82, 2.24) is 39.9 Å². The topological polar surface area (TPSA) is 204 Å². The Kier molecular flexibility index (Phi) is 25.0. The Balaban J connectivity index is 0.000000137. The number of aryl methyl sites for hydroxylation is 4. The maximum absolute atomic E-state index is 13.2. The summed E-state index contributed by atoms with van der Waals surface area (Å²) in [6.45, 7) is 7.50. The van der Waals surface area contributed by atoms with Crippen molar-refractivity contribution >= 4 is 69.6 Å². The summed E-state index contributed by atoms with van der Waals surface area (Å²) in [5.74, 6) is 3.23. The van der Waals surface area contributed by atoms with Gasteiger partial charge in [0.15, 0.2) is 46.3 Å². The second-order valence-electron chi connectivity index (χ2n) is 25.6. The Morgan fingerprint density at radius 2 is 0.513 bits per heavy atom. The van der Waals surface area contributed by atoms with Crippen LogP contribution in [0.5, 0.6) is 23.0 Å². The van der Waals surface area contributed by atoms with E-state index in [4.69, 9.17) is 87.3 Å². The van der Waals surface area contributed by atoms with Gasteiger partial charge in [0.25, 0.3) is 0 Å². The molecule has 0 unspecified atom stereocenters. The van der Waals surface area contributed by atoms with Gasteiger partial charge in [0, 0.05) is 82.4 Å². The molecule has 35 heteroatoms. The van der Waals surface area contributed by atoms with Gasteiger partial charge in [0.05, 0.1) is 37.8 Å². The van der Waals surface area contributed by atoms with E-state index in [1.54, 1.807) is 103 Å². The van der Waals surface area contributed by atoms with Crippen molar-refractivity contribution in [2.24, 2.45) is 0 Å². The fraction of sp³-hybridized carbons (Fsp3) is 0.0952. The van der Waals surface area contributed by atoms with Crippen molar-refractivity contribution in [2.75, 3.05) is 0 Å². The maximum Gasteiger partial charge on any atom is 0.573 e. The lowest BCUT2D eigenvalue weighted by atomic mass is 10.1. The standard InChI is InChI=1S/2C21H13Cl2F3N2O2.C21H13ClF4N2O2.C21H14ClF3N2O2/c1-11-19(12-2-5-14(22)6-3-12)28-20(27-11)18-9-8-16(29-18)13-4-7-17(15(23)10-13)30-21(24,25)26;1-11-19(12-2-5-14(22)6-3-12)28-20(27-11)17-9-8-16(29-17)13-4-7-15(23)18(10-13)30-21(24,25)26;1-11-19(12-2-5-14(23)6-3-12)28-20(27-11)17-9-8-16(29-17)13-4-7-15(22)18(10-13)30-21(24,25)26;1-12-19(14-2-6-15(22)7-3-14)27-20(26-12)18-11-10-17(28-18)13-4-8-16(9-5-13)29-21(23,24)25/h3*2-10H,1H3,(H,27,28);2-11H,1H3,(H,26,27). The third kappa shape index (κ3) is 21.8. The first-order valence-corrected chi connectivity index (χ1v) is 36.9. The summed E-state index contributed by atoms with van der Waals surface area (Å²) in [4.78, 5) is 30.9. The van der Waals surface area contributed by atoms with Crippen LogP contribution in [0, 0.1) is 33.5 Å². The third-order valence-corrected chi connectivity index (χ3v) is 18.7. The van der Waals surface area contributed by atoms with Crippen molar-refractivity contribution in [2.45, 2.75) is 53.1 Å². The molecule has 0 atom stereocenters. The first-order chi connectivity index (χ1) is 56.4. The summed E-state index contributed by atoms with van der Waals surface area (Å²) in [6, 6.07) is 58.7. The van der Waals surface area contributed by atoms with Crippen LogP contribution in [0.1, 0.15) is 22.8 Å². The summed E-state index contributed by atoms with van der Waals surface area (Å²) >= 11 is 35.3. The summed E-state index contributed by atoms with van der Waals surface area (Å²) in [6.07, 6.45) is -19.3. The number of nitrogens with one attached hydrogen (secondary N) is 4. The lowest BCUT2D eigenvalue weighted by Crippen LogP contribution is -2.17. The average molecular weight is 1760 g/mol. The van der Waals surface area contributed by atoms with E-state index in [2.05, 4.69) is 58.8 Å². The number of rotatable bonds is 16. The molecule has 0 aliphatic carbocycles. The monoisotopic (exact) mass is 1760 g/mol. The molecular formula is C84H53Cl6F13N8O8. The Hall–Kier alpha value is -12.3.